The van der Waals surface area contributed by atoms with Crippen LogP contribution in [0.2, 0.25) is 5.02 Å². The van der Waals surface area contributed by atoms with Gasteiger partial charge in [-0.15, -0.1) is 0 Å². The van der Waals surface area contributed by atoms with E-state index in [0.717, 1.165) is 62.7 Å². The number of piperazine rings is 1. The first-order chi connectivity index (χ1) is 11.7. The Morgan fingerprint density at radius 1 is 1.17 bits per heavy atom. The lowest BCUT2D eigenvalue weighted by Crippen LogP contribution is -2.49. The zero-order valence-corrected chi connectivity index (χ0v) is 14.8. The Morgan fingerprint density at radius 2 is 1.88 bits per heavy atom. The van der Waals surface area contributed by atoms with Crippen LogP contribution in [0, 0.1) is 5.92 Å². The molecule has 2 saturated heterocycles. The van der Waals surface area contributed by atoms with Crippen molar-refractivity contribution in [2.75, 3.05) is 45.8 Å². The molecule has 24 heavy (non-hydrogen) atoms. The van der Waals surface area contributed by atoms with Crippen molar-refractivity contribution in [1.82, 2.24) is 15.1 Å². The molecule has 1 N–H and O–H groups in total. The number of rotatable bonds is 4. The topological polar surface area (TPSA) is 35.6 Å². The molecule has 3 rings (SSSR count). The zero-order valence-electron chi connectivity index (χ0n) is 14.1. The minimum absolute atomic E-state index is 0.283. The van der Waals surface area contributed by atoms with Crippen LogP contribution in [0.5, 0.6) is 0 Å². The number of nitrogens with one attached hydrogen (secondary N) is 1. The molecule has 0 bridgehead atoms. The second kappa shape index (κ2) is 8.65. The summed E-state index contributed by atoms with van der Waals surface area (Å²) < 4.78 is 0. The highest BCUT2D eigenvalue weighted by Gasteiger charge is 2.23. The number of benzene rings is 1. The number of likely N-dealkylation sites (tertiary alicyclic amines) is 1. The fraction of sp³-hybridized carbons (Fsp3) is 0.526. The van der Waals surface area contributed by atoms with Crippen LogP contribution in [0.25, 0.3) is 6.08 Å². The molecular formula is C19H26ClN3O. The molecule has 1 aromatic rings. The number of nitrogens with zero attached hydrogens (tertiary/aromatic N) is 2. The molecule has 0 unspecified atom stereocenters. The van der Waals surface area contributed by atoms with Gasteiger partial charge in [0.2, 0.25) is 5.91 Å². The number of hydrogen-bond acceptors (Lipinski definition) is 3. The summed E-state index contributed by atoms with van der Waals surface area (Å²) >= 11 is 6.19. The molecule has 0 saturated carbocycles. The highest BCUT2D eigenvalue weighted by Crippen LogP contribution is 2.22. The summed E-state index contributed by atoms with van der Waals surface area (Å²) in [6.45, 7) is 6.22. The van der Waals surface area contributed by atoms with E-state index in [0.29, 0.717) is 12.5 Å². The smallest absolute Gasteiger partial charge is 0.236 e. The Hall–Kier alpha value is -1.36. The molecule has 4 nitrogen and oxygen atoms in total. The van der Waals surface area contributed by atoms with Gasteiger partial charge in [-0.3, -0.25) is 9.69 Å². The zero-order chi connectivity index (χ0) is 16.8. The number of allylic oxidation sites excluding steroid dienone is 1. The number of carbonyl (C=O) groups is 1. The summed E-state index contributed by atoms with van der Waals surface area (Å²) in [4.78, 5) is 16.7. The summed E-state index contributed by atoms with van der Waals surface area (Å²) in [6.07, 6.45) is 6.44. The number of carbonyl (C=O) groups excluding carboxylic acids is 1. The van der Waals surface area contributed by atoms with Crippen molar-refractivity contribution in [2.45, 2.75) is 12.8 Å². The molecule has 1 amide bonds. The second-order valence-electron chi connectivity index (χ2n) is 6.62. The molecule has 0 radical (unpaired) electrons. The normalized spacial score (nSPS) is 20.6. The highest BCUT2D eigenvalue weighted by molar-refractivity contribution is 6.32. The SMILES string of the molecule is O=C(CN1CCNCC1)N1CCC(/C=C/c2ccccc2Cl)CC1. The number of hydrogen-bond donors (Lipinski definition) is 1. The first-order valence-corrected chi connectivity index (χ1v) is 9.24. The van der Waals surface area contributed by atoms with Crippen molar-refractivity contribution in [2.24, 2.45) is 5.92 Å². The third-order valence-electron chi connectivity index (χ3n) is 4.91. The van der Waals surface area contributed by atoms with Crippen LogP contribution in [0.15, 0.2) is 30.3 Å². The largest absolute Gasteiger partial charge is 0.342 e. The fourth-order valence-electron chi connectivity index (χ4n) is 3.35. The first-order valence-electron chi connectivity index (χ1n) is 8.86. The molecule has 0 spiro atoms. The average molecular weight is 348 g/mol. The monoisotopic (exact) mass is 347 g/mol. The van der Waals surface area contributed by atoms with Gasteiger partial charge in [0.1, 0.15) is 0 Å². The Balaban J connectivity index is 1.45. The third kappa shape index (κ3) is 4.82. The van der Waals surface area contributed by atoms with Crippen LogP contribution in [-0.2, 0) is 4.79 Å². The van der Waals surface area contributed by atoms with Crippen molar-refractivity contribution in [3.8, 4) is 0 Å². The Morgan fingerprint density at radius 3 is 2.58 bits per heavy atom. The quantitative estimate of drug-likeness (QED) is 0.909. The maximum atomic E-state index is 12.4. The third-order valence-corrected chi connectivity index (χ3v) is 5.26. The van der Waals surface area contributed by atoms with Gasteiger partial charge in [0.25, 0.3) is 0 Å². The molecule has 5 heteroatoms. The van der Waals surface area contributed by atoms with Crippen LogP contribution < -0.4 is 5.32 Å². The van der Waals surface area contributed by atoms with Crippen LogP contribution in [0.1, 0.15) is 18.4 Å². The second-order valence-corrected chi connectivity index (χ2v) is 7.03. The van der Waals surface area contributed by atoms with E-state index in [1.165, 1.54) is 0 Å². The standard InChI is InChI=1S/C19H26ClN3O/c20-18-4-2-1-3-17(18)6-5-16-7-11-23(12-8-16)19(24)15-22-13-9-21-10-14-22/h1-6,16,21H,7-15H2/b6-5+. The summed E-state index contributed by atoms with van der Waals surface area (Å²) in [5, 5.41) is 4.11. The summed E-state index contributed by atoms with van der Waals surface area (Å²) in [6, 6.07) is 7.90. The molecule has 0 aliphatic carbocycles. The van der Waals surface area contributed by atoms with Gasteiger partial charge in [-0.2, -0.15) is 0 Å². The van der Waals surface area contributed by atoms with E-state index in [1.54, 1.807) is 0 Å². The summed E-state index contributed by atoms with van der Waals surface area (Å²) in [7, 11) is 0. The minimum Gasteiger partial charge on any atom is -0.342 e. The van der Waals surface area contributed by atoms with E-state index >= 15 is 0 Å². The van der Waals surface area contributed by atoms with E-state index in [-0.39, 0.29) is 5.91 Å². The number of piperidine rings is 1. The molecule has 0 aromatic heterocycles. The molecule has 0 atom stereocenters. The van der Waals surface area contributed by atoms with Crippen LogP contribution in [-0.4, -0.2) is 61.5 Å². The number of halogens is 1. The summed E-state index contributed by atoms with van der Waals surface area (Å²) in [5.41, 5.74) is 1.07. The Bertz CT molecular complexity index is 576. The van der Waals surface area contributed by atoms with Crippen LogP contribution in [0.3, 0.4) is 0 Å². The lowest BCUT2D eigenvalue weighted by molar-refractivity contribution is -0.133. The van der Waals surface area contributed by atoms with E-state index < -0.39 is 0 Å². The molecule has 1 aromatic carbocycles. The van der Waals surface area contributed by atoms with Gasteiger partial charge in [-0.05, 0) is 30.4 Å². The molecule has 2 aliphatic rings. The van der Waals surface area contributed by atoms with Crippen molar-refractivity contribution in [3.63, 3.8) is 0 Å². The van der Waals surface area contributed by atoms with Gasteiger partial charge in [0, 0.05) is 44.3 Å². The average Bonchev–Trinajstić information content (AvgIpc) is 2.62. The predicted molar refractivity (Wildman–Crippen MR) is 99.1 cm³/mol. The first kappa shape index (κ1) is 17.5. The minimum atomic E-state index is 0.283. The van der Waals surface area contributed by atoms with Crippen molar-refractivity contribution in [1.29, 1.82) is 0 Å². The number of amides is 1. The van der Waals surface area contributed by atoms with Crippen molar-refractivity contribution >= 4 is 23.6 Å². The van der Waals surface area contributed by atoms with Crippen molar-refractivity contribution in [3.05, 3.63) is 40.9 Å². The molecule has 2 aliphatic heterocycles. The van der Waals surface area contributed by atoms with E-state index in [9.17, 15) is 4.79 Å². The molecule has 130 valence electrons. The van der Waals surface area contributed by atoms with Crippen LogP contribution in [0.4, 0.5) is 0 Å². The van der Waals surface area contributed by atoms with Gasteiger partial charge in [0.15, 0.2) is 0 Å². The summed E-state index contributed by atoms with van der Waals surface area (Å²) in [5.74, 6) is 0.815. The fourth-order valence-corrected chi connectivity index (χ4v) is 3.55. The maximum Gasteiger partial charge on any atom is 0.236 e. The van der Waals surface area contributed by atoms with Gasteiger partial charge >= 0.3 is 0 Å². The van der Waals surface area contributed by atoms with E-state index in [4.69, 9.17) is 11.6 Å². The predicted octanol–water partition coefficient (Wildman–Crippen LogP) is 2.50. The van der Waals surface area contributed by atoms with Crippen molar-refractivity contribution < 1.29 is 4.79 Å². The highest BCUT2D eigenvalue weighted by atomic mass is 35.5. The van der Waals surface area contributed by atoms with E-state index in [1.807, 2.05) is 29.2 Å². The van der Waals surface area contributed by atoms with Gasteiger partial charge in [-0.25, -0.2) is 0 Å². The van der Waals surface area contributed by atoms with Crippen LogP contribution >= 0.6 is 11.6 Å². The Labute approximate surface area is 149 Å². The van der Waals surface area contributed by atoms with Gasteiger partial charge < -0.3 is 10.2 Å². The van der Waals surface area contributed by atoms with E-state index in [2.05, 4.69) is 22.4 Å². The molecule has 2 heterocycles. The lowest BCUT2D eigenvalue weighted by atomic mass is 9.95. The van der Waals surface area contributed by atoms with Gasteiger partial charge in [0.05, 0.1) is 6.54 Å². The lowest BCUT2D eigenvalue weighted by Gasteiger charge is -2.33. The molecular weight excluding hydrogens is 322 g/mol. The molecule has 2 fully saturated rings. The Kier molecular flexibility index (Phi) is 6.30. The van der Waals surface area contributed by atoms with Gasteiger partial charge in [-0.1, -0.05) is 42.0 Å². The maximum absolute atomic E-state index is 12.4.